The van der Waals surface area contributed by atoms with Crippen LogP contribution in [0.2, 0.25) is 0 Å². The number of nitrogens with zero attached hydrogens (tertiary/aromatic N) is 6. The Morgan fingerprint density at radius 1 is 1.10 bits per heavy atom. The van der Waals surface area contributed by atoms with Crippen LogP contribution in [0, 0.1) is 0 Å². The number of morpholine rings is 1. The number of para-hydroxylation sites is 1. The van der Waals surface area contributed by atoms with Gasteiger partial charge in [-0.15, -0.1) is 0 Å². The van der Waals surface area contributed by atoms with E-state index >= 15 is 0 Å². The molecule has 260 valence electrons. The van der Waals surface area contributed by atoms with Crippen molar-refractivity contribution < 1.29 is 41.7 Å². The molecule has 3 atom stereocenters. The summed E-state index contributed by atoms with van der Waals surface area (Å²) >= 11 is 0. The molecule has 7 heterocycles. The number of carboxylic acids is 1. The number of carboxylic acid groups (broad SMARTS) is 1. The molecule has 16 heteroatoms. The minimum absolute atomic E-state index is 0.0410. The Morgan fingerprint density at radius 2 is 1.92 bits per heavy atom. The van der Waals surface area contributed by atoms with Crippen molar-refractivity contribution in [2.45, 2.75) is 43.3 Å². The topological polar surface area (TPSA) is 148 Å². The van der Waals surface area contributed by atoms with Crippen LogP contribution in [-0.4, -0.2) is 94.8 Å². The molecule has 13 nitrogen and oxygen atoms in total. The van der Waals surface area contributed by atoms with E-state index in [9.17, 15) is 23.1 Å². The van der Waals surface area contributed by atoms with E-state index in [1.165, 1.54) is 4.90 Å². The number of hydrogen-bond donors (Lipinski definition) is 2. The van der Waals surface area contributed by atoms with Gasteiger partial charge in [0, 0.05) is 37.2 Å². The van der Waals surface area contributed by atoms with Crippen molar-refractivity contribution >= 4 is 45.4 Å². The molecule has 3 aliphatic rings. The number of aromatic nitrogens is 4. The standard InChI is InChI=1S/C34H32F3N7O6/c1-18-33(16-47-17-33)48-11-10-43(18)23-12-19(22-7-5-9-26(38-2)40-22)14-39-30(23)49-20-13-24(31(45)46)44(15-20)29-28-27(41-32(42-29)34(35,36)37)21-6-3-4-8-25(21)50-28/h3-9,12,14,18,20,24H,10-11,13,15-17H2,1-2H3,(H,38,40)(H,45,46)/t18-,20-,24-/m0/s1. The van der Waals surface area contributed by atoms with Gasteiger partial charge < -0.3 is 38.9 Å². The van der Waals surface area contributed by atoms with E-state index in [4.69, 9.17) is 23.6 Å². The van der Waals surface area contributed by atoms with Crippen LogP contribution in [0.5, 0.6) is 5.88 Å². The zero-order valence-corrected chi connectivity index (χ0v) is 27.0. The Bertz CT molecular complexity index is 2110. The fourth-order valence-electron chi connectivity index (χ4n) is 6.92. The Morgan fingerprint density at radius 3 is 2.66 bits per heavy atom. The Kier molecular flexibility index (Phi) is 7.67. The molecule has 3 fully saturated rings. The number of halogens is 3. The highest BCUT2D eigenvalue weighted by molar-refractivity contribution is 6.06. The number of alkyl halides is 3. The van der Waals surface area contributed by atoms with Crippen LogP contribution < -0.4 is 19.9 Å². The summed E-state index contributed by atoms with van der Waals surface area (Å²) in [6.45, 7) is 3.77. The van der Waals surface area contributed by atoms with E-state index in [0.717, 1.165) is 5.56 Å². The second kappa shape index (κ2) is 12.0. The number of nitrogens with one attached hydrogen (secondary N) is 1. The van der Waals surface area contributed by atoms with Crippen LogP contribution in [-0.2, 0) is 20.4 Å². The molecule has 2 N–H and O–H groups in total. The summed E-state index contributed by atoms with van der Waals surface area (Å²) in [6.07, 6.45) is -4.11. The van der Waals surface area contributed by atoms with Crippen LogP contribution in [0.15, 0.2) is 59.1 Å². The minimum Gasteiger partial charge on any atom is -0.480 e. The van der Waals surface area contributed by atoms with Crippen molar-refractivity contribution in [1.82, 2.24) is 19.9 Å². The van der Waals surface area contributed by atoms with Crippen molar-refractivity contribution in [1.29, 1.82) is 0 Å². The smallest absolute Gasteiger partial charge is 0.451 e. The summed E-state index contributed by atoms with van der Waals surface area (Å²) in [6, 6.07) is 12.7. The average Bonchev–Trinajstić information content (AvgIpc) is 3.69. The van der Waals surface area contributed by atoms with Crippen LogP contribution in [0.25, 0.3) is 33.3 Å². The summed E-state index contributed by atoms with van der Waals surface area (Å²) in [5, 5.41) is 13.7. The highest BCUT2D eigenvalue weighted by Gasteiger charge is 2.50. The van der Waals surface area contributed by atoms with E-state index in [1.54, 1.807) is 37.5 Å². The Balaban J connectivity index is 1.18. The quantitative estimate of drug-likeness (QED) is 0.236. The second-order valence-electron chi connectivity index (χ2n) is 12.6. The highest BCUT2D eigenvalue weighted by atomic mass is 19.4. The Labute approximate surface area is 283 Å². The number of ether oxygens (including phenoxy) is 3. The number of hydrogen-bond acceptors (Lipinski definition) is 12. The summed E-state index contributed by atoms with van der Waals surface area (Å²) in [5.74, 6) is -2.00. The van der Waals surface area contributed by atoms with Gasteiger partial charge in [0.15, 0.2) is 11.4 Å². The number of aliphatic carboxylic acids is 1. The maximum atomic E-state index is 14.1. The van der Waals surface area contributed by atoms with Crippen LogP contribution >= 0.6 is 0 Å². The molecule has 0 amide bonds. The van der Waals surface area contributed by atoms with Gasteiger partial charge in [0.05, 0.1) is 38.1 Å². The number of anilines is 3. The molecule has 8 rings (SSSR count). The van der Waals surface area contributed by atoms with E-state index < -0.39 is 35.7 Å². The van der Waals surface area contributed by atoms with Crippen molar-refractivity contribution in [3.8, 4) is 17.1 Å². The number of benzene rings is 1. The molecule has 0 aliphatic carbocycles. The monoisotopic (exact) mass is 691 g/mol. The summed E-state index contributed by atoms with van der Waals surface area (Å²) in [5.41, 5.74) is 1.75. The fourth-order valence-corrected chi connectivity index (χ4v) is 6.92. The van der Waals surface area contributed by atoms with E-state index in [0.29, 0.717) is 54.5 Å². The number of rotatable bonds is 7. The van der Waals surface area contributed by atoms with E-state index in [1.807, 2.05) is 31.2 Å². The normalized spacial score (nSPS) is 21.9. The number of carbonyl (C=O) groups is 1. The molecule has 3 saturated heterocycles. The van der Waals surface area contributed by atoms with E-state index in [2.05, 4.69) is 25.2 Å². The molecule has 0 radical (unpaired) electrons. The highest BCUT2D eigenvalue weighted by Crippen LogP contribution is 2.42. The largest absolute Gasteiger partial charge is 0.480 e. The molecule has 1 spiro atoms. The molecule has 5 aromatic rings. The van der Waals surface area contributed by atoms with Crippen molar-refractivity contribution in [2.75, 3.05) is 55.1 Å². The SMILES string of the molecule is CNc1cccc(-c2cnc(O[C@H]3C[C@@H](C(=O)O)N(c4nc(C(F)(F)F)nc5c4oc4ccccc45)C3)c(N3CCOC4(COC4)[C@@H]3C)c2)n1. The first-order valence-corrected chi connectivity index (χ1v) is 16.1. The van der Waals surface area contributed by atoms with Gasteiger partial charge in [0.25, 0.3) is 0 Å². The zero-order chi connectivity index (χ0) is 34.8. The summed E-state index contributed by atoms with van der Waals surface area (Å²) < 4.78 is 66.4. The average molecular weight is 692 g/mol. The lowest BCUT2D eigenvalue weighted by Crippen LogP contribution is -2.68. The van der Waals surface area contributed by atoms with Crippen molar-refractivity contribution in [3.05, 3.63) is 60.6 Å². The van der Waals surface area contributed by atoms with Gasteiger partial charge in [-0.1, -0.05) is 18.2 Å². The van der Waals surface area contributed by atoms with Gasteiger partial charge in [-0.05, 0) is 37.3 Å². The maximum absolute atomic E-state index is 14.1. The zero-order valence-electron chi connectivity index (χ0n) is 27.0. The first-order chi connectivity index (χ1) is 24.0. The molecule has 0 bridgehead atoms. The number of pyridine rings is 2. The third kappa shape index (κ3) is 5.38. The second-order valence-corrected chi connectivity index (χ2v) is 12.6. The first kappa shape index (κ1) is 32.0. The first-order valence-electron chi connectivity index (χ1n) is 16.1. The fraction of sp³-hybridized carbons (Fsp3) is 0.382. The summed E-state index contributed by atoms with van der Waals surface area (Å²) in [4.78, 5) is 33.1. The Hall–Kier alpha value is -5.22. The lowest BCUT2D eigenvalue weighted by molar-refractivity contribution is -0.228. The predicted molar refractivity (Wildman–Crippen MR) is 175 cm³/mol. The number of furan rings is 1. The number of fused-ring (bicyclic) bond motifs is 3. The molecule has 0 unspecified atom stereocenters. The van der Waals surface area contributed by atoms with Crippen LogP contribution in [0.1, 0.15) is 19.2 Å². The van der Waals surface area contributed by atoms with Gasteiger partial charge in [0.2, 0.25) is 11.7 Å². The van der Waals surface area contributed by atoms with Crippen molar-refractivity contribution in [3.63, 3.8) is 0 Å². The third-order valence-corrected chi connectivity index (χ3v) is 9.64. The summed E-state index contributed by atoms with van der Waals surface area (Å²) in [7, 11) is 1.78. The van der Waals surface area contributed by atoms with Gasteiger partial charge in [-0.25, -0.2) is 24.7 Å². The van der Waals surface area contributed by atoms with Gasteiger partial charge in [0.1, 0.15) is 40.4 Å². The van der Waals surface area contributed by atoms with E-state index in [-0.39, 0.29) is 41.8 Å². The van der Waals surface area contributed by atoms with Gasteiger partial charge in [-0.3, -0.25) is 0 Å². The lowest BCUT2D eigenvalue weighted by atomic mass is 9.90. The van der Waals surface area contributed by atoms with Gasteiger partial charge >= 0.3 is 12.1 Å². The van der Waals surface area contributed by atoms with Crippen molar-refractivity contribution in [2.24, 2.45) is 0 Å². The molecule has 0 saturated carbocycles. The van der Waals surface area contributed by atoms with Crippen LogP contribution in [0.3, 0.4) is 0 Å². The third-order valence-electron chi connectivity index (χ3n) is 9.64. The molecule has 1 aromatic carbocycles. The minimum atomic E-state index is -4.89. The van der Waals surface area contributed by atoms with Crippen LogP contribution in [0.4, 0.5) is 30.5 Å². The molecular formula is C34H32F3N7O6. The maximum Gasteiger partial charge on any atom is 0.451 e. The molecule has 50 heavy (non-hydrogen) atoms. The molecule has 4 aromatic heterocycles. The lowest BCUT2D eigenvalue weighted by Gasteiger charge is -2.53. The molecule has 3 aliphatic heterocycles. The van der Waals surface area contributed by atoms with Gasteiger partial charge in [-0.2, -0.15) is 13.2 Å². The molecular weight excluding hydrogens is 659 g/mol. The predicted octanol–water partition coefficient (Wildman–Crippen LogP) is 5.00.